The minimum atomic E-state index is -0.291. The van der Waals surface area contributed by atoms with Gasteiger partial charge in [0.2, 0.25) is 0 Å². The van der Waals surface area contributed by atoms with E-state index in [9.17, 15) is 5.26 Å². The second kappa shape index (κ2) is 4.84. The third-order valence-electron chi connectivity index (χ3n) is 2.97. The zero-order valence-corrected chi connectivity index (χ0v) is 10.1. The van der Waals surface area contributed by atoms with Crippen molar-refractivity contribution in [2.45, 2.75) is 19.3 Å². The fraction of sp³-hybridized carbons (Fsp3) is 0.286. The number of nitriles is 1. The molecule has 86 valence electrons. The molecule has 0 saturated carbocycles. The molecule has 0 aliphatic carbocycles. The van der Waals surface area contributed by atoms with Crippen molar-refractivity contribution in [3.63, 3.8) is 0 Å². The van der Waals surface area contributed by atoms with Crippen molar-refractivity contribution in [3.8, 4) is 6.07 Å². The molecule has 17 heavy (non-hydrogen) atoms. The zero-order chi connectivity index (χ0) is 12.3. The van der Waals surface area contributed by atoms with E-state index in [1.807, 2.05) is 29.9 Å². The maximum atomic E-state index is 9.30. The molecular weight excluding hydrogens is 210 g/mol. The van der Waals surface area contributed by atoms with Gasteiger partial charge in [-0.25, -0.2) is 4.98 Å². The van der Waals surface area contributed by atoms with Gasteiger partial charge in [-0.2, -0.15) is 5.26 Å². The molecule has 0 amide bonds. The summed E-state index contributed by atoms with van der Waals surface area (Å²) >= 11 is 0. The molecule has 2 aromatic rings. The van der Waals surface area contributed by atoms with Crippen LogP contribution in [0.3, 0.4) is 0 Å². The summed E-state index contributed by atoms with van der Waals surface area (Å²) in [4.78, 5) is 4.25. The Labute approximate surface area is 101 Å². The van der Waals surface area contributed by atoms with Crippen LogP contribution in [-0.4, -0.2) is 9.55 Å². The van der Waals surface area contributed by atoms with E-state index in [0.717, 1.165) is 17.8 Å². The van der Waals surface area contributed by atoms with Gasteiger partial charge in [0.25, 0.3) is 0 Å². The predicted octanol–water partition coefficient (Wildman–Crippen LogP) is 2.64. The van der Waals surface area contributed by atoms with Crippen molar-refractivity contribution >= 4 is 0 Å². The molecule has 0 N–H and O–H groups in total. The molecule has 1 heterocycles. The number of hydrogen-bond donors (Lipinski definition) is 0. The van der Waals surface area contributed by atoms with Crippen LogP contribution in [-0.2, 0) is 13.5 Å². The van der Waals surface area contributed by atoms with Crippen LogP contribution < -0.4 is 0 Å². The Kier molecular flexibility index (Phi) is 3.24. The van der Waals surface area contributed by atoms with Gasteiger partial charge in [0.05, 0.1) is 6.07 Å². The molecule has 0 saturated heterocycles. The second-order valence-electron chi connectivity index (χ2n) is 4.05. The molecule has 0 radical (unpaired) electrons. The van der Waals surface area contributed by atoms with Crippen LogP contribution >= 0.6 is 0 Å². The minimum absolute atomic E-state index is 0.291. The lowest BCUT2D eigenvalue weighted by atomic mass is 9.98. The first kappa shape index (κ1) is 11.4. The lowest BCUT2D eigenvalue weighted by Gasteiger charge is -2.10. The molecule has 0 bridgehead atoms. The molecule has 1 atom stereocenters. The number of benzene rings is 1. The van der Waals surface area contributed by atoms with Gasteiger partial charge in [-0.15, -0.1) is 0 Å². The highest BCUT2D eigenvalue weighted by Gasteiger charge is 2.17. The van der Waals surface area contributed by atoms with Gasteiger partial charge in [-0.05, 0) is 17.5 Å². The highest BCUT2D eigenvalue weighted by molar-refractivity contribution is 5.34. The molecule has 1 aromatic heterocycles. The summed E-state index contributed by atoms with van der Waals surface area (Å²) in [5, 5.41) is 9.30. The quantitative estimate of drug-likeness (QED) is 0.805. The van der Waals surface area contributed by atoms with E-state index in [-0.39, 0.29) is 5.92 Å². The molecular formula is C14H15N3. The molecule has 3 nitrogen and oxygen atoms in total. The maximum absolute atomic E-state index is 9.30. The number of hydrogen-bond acceptors (Lipinski definition) is 2. The number of aryl methyl sites for hydroxylation is 2. The number of nitrogens with zero attached hydrogens (tertiary/aromatic N) is 3. The van der Waals surface area contributed by atoms with E-state index in [1.165, 1.54) is 5.56 Å². The zero-order valence-electron chi connectivity index (χ0n) is 10.1. The van der Waals surface area contributed by atoms with Gasteiger partial charge in [-0.1, -0.05) is 31.2 Å². The van der Waals surface area contributed by atoms with E-state index in [2.05, 4.69) is 30.1 Å². The summed E-state index contributed by atoms with van der Waals surface area (Å²) in [5.74, 6) is 0.498. The molecule has 3 heteroatoms. The Morgan fingerprint density at radius 1 is 1.35 bits per heavy atom. The fourth-order valence-corrected chi connectivity index (χ4v) is 1.88. The Bertz CT molecular complexity index is 531. The third kappa shape index (κ3) is 2.21. The van der Waals surface area contributed by atoms with E-state index in [4.69, 9.17) is 0 Å². The molecule has 1 unspecified atom stereocenters. The van der Waals surface area contributed by atoms with Gasteiger partial charge in [0, 0.05) is 19.4 Å². The monoisotopic (exact) mass is 225 g/mol. The Morgan fingerprint density at radius 3 is 2.53 bits per heavy atom. The van der Waals surface area contributed by atoms with Crippen molar-refractivity contribution < 1.29 is 0 Å². The topological polar surface area (TPSA) is 41.6 Å². The van der Waals surface area contributed by atoms with E-state index >= 15 is 0 Å². The van der Waals surface area contributed by atoms with Gasteiger partial charge in [-0.3, -0.25) is 0 Å². The highest BCUT2D eigenvalue weighted by atomic mass is 15.0. The van der Waals surface area contributed by atoms with E-state index in [0.29, 0.717) is 0 Å². The van der Waals surface area contributed by atoms with E-state index in [1.54, 1.807) is 6.20 Å². The smallest absolute Gasteiger partial charge is 0.130 e. The summed E-state index contributed by atoms with van der Waals surface area (Å²) in [6.45, 7) is 2.12. The molecule has 0 aliphatic rings. The first-order valence-corrected chi connectivity index (χ1v) is 5.72. The molecule has 0 fully saturated rings. The fourth-order valence-electron chi connectivity index (χ4n) is 1.88. The standard InChI is InChI=1S/C14H15N3/c1-3-11-4-6-12(7-5-11)13(10-15)14-16-8-9-17(14)2/h4-9,13H,3H2,1-2H3. The van der Waals surface area contributed by atoms with Gasteiger partial charge in [0.15, 0.2) is 0 Å². The van der Waals surface area contributed by atoms with Gasteiger partial charge >= 0.3 is 0 Å². The van der Waals surface area contributed by atoms with Crippen molar-refractivity contribution in [2.24, 2.45) is 7.05 Å². The number of imidazole rings is 1. The summed E-state index contributed by atoms with van der Waals surface area (Å²) in [5.41, 5.74) is 2.28. The van der Waals surface area contributed by atoms with Crippen LogP contribution in [0.2, 0.25) is 0 Å². The van der Waals surface area contributed by atoms with Crippen LogP contribution in [0.25, 0.3) is 0 Å². The van der Waals surface area contributed by atoms with Crippen LogP contribution in [0, 0.1) is 11.3 Å². The largest absolute Gasteiger partial charge is 0.337 e. The van der Waals surface area contributed by atoms with Crippen molar-refractivity contribution in [2.75, 3.05) is 0 Å². The van der Waals surface area contributed by atoms with Crippen molar-refractivity contribution in [3.05, 3.63) is 53.6 Å². The first-order chi connectivity index (χ1) is 8.26. The normalized spacial score (nSPS) is 12.1. The number of rotatable bonds is 3. The maximum Gasteiger partial charge on any atom is 0.130 e. The molecule has 2 rings (SSSR count). The summed E-state index contributed by atoms with van der Waals surface area (Å²) in [7, 11) is 1.91. The molecule has 0 aliphatic heterocycles. The average Bonchev–Trinajstić information content (AvgIpc) is 2.78. The van der Waals surface area contributed by atoms with Crippen LogP contribution in [0.4, 0.5) is 0 Å². The average molecular weight is 225 g/mol. The minimum Gasteiger partial charge on any atom is -0.337 e. The SMILES string of the molecule is CCc1ccc(C(C#N)c2nccn2C)cc1. The van der Waals surface area contributed by atoms with Gasteiger partial charge < -0.3 is 4.57 Å². The van der Waals surface area contributed by atoms with Crippen molar-refractivity contribution in [1.82, 2.24) is 9.55 Å². The lowest BCUT2D eigenvalue weighted by molar-refractivity contribution is 0.783. The second-order valence-corrected chi connectivity index (χ2v) is 4.05. The first-order valence-electron chi connectivity index (χ1n) is 5.72. The third-order valence-corrected chi connectivity index (χ3v) is 2.97. The van der Waals surface area contributed by atoms with Crippen LogP contribution in [0.15, 0.2) is 36.7 Å². The Morgan fingerprint density at radius 2 is 2.06 bits per heavy atom. The van der Waals surface area contributed by atoms with E-state index < -0.39 is 0 Å². The lowest BCUT2D eigenvalue weighted by Crippen LogP contribution is -2.05. The van der Waals surface area contributed by atoms with Gasteiger partial charge in [0.1, 0.15) is 11.7 Å². The summed E-state index contributed by atoms with van der Waals surface area (Å²) in [6, 6.07) is 10.5. The Balaban J connectivity index is 2.36. The summed E-state index contributed by atoms with van der Waals surface area (Å²) < 4.78 is 1.89. The van der Waals surface area contributed by atoms with Crippen molar-refractivity contribution in [1.29, 1.82) is 5.26 Å². The highest BCUT2D eigenvalue weighted by Crippen LogP contribution is 2.22. The Hall–Kier alpha value is -2.08. The van der Waals surface area contributed by atoms with Crippen LogP contribution in [0.5, 0.6) is 0 Å². The molecule has 1 aromatic carbocycles. The predicted molar refractivity (Wildman–Crippen MR) is 66.5 cm³/mol. The number of aromatic nitrogens is 2. The molecule has 0 spiro atoms. The summed E-state index contributed by atoms with van der Waals surface area (Å²) in [6.07, 6.45) is 4.60. The van der Waals surface area contributed by atoms with Crippen LogP contribution in [0.1, 0.15) is 29.8 Å².